The summed E-state index contributed by atoms with van der Waals surface area (Å²) < 4.78 is 39.9. The summed E-state index contributed by atoms with van der Waals surface area (Å²) in [6.45, 7) is 2.57. The van der Waals surface area contributed by atoms with E-state index in [2.05, 4.69) is 10.3 Å². The minimum Gasteiger partial charge on any atom is -0.396 e. The summed E-state index contributed by atoms with van der Waals surface area (Å²) in [6, 6.07) is 9.26. The first-order chi connectivity index (χ1) is 15.5. The minimum absolute atomic E-state index is 0.0240. The lowest BCUT2D eigenvalue weighted by Crippen LogP contribution is -2.33. The third-order valence-electron chi connectivity index (χ3n) is 5.09. The summed E-state index contributed by atoms with van der Waals surface area (Å²) in [7, 11) is 0. The van der Waals surface area contributed by atoms with Crippen LogP contribution >= 0.6 is 11.6 Å². The summed E-state index contributed by atoms with van der Waals surface area (Å²) in [5.74, 6) is -0.527. The van der Waals surface area contributed by atoms with Crippen molar-refractivity contribution in [1.29, 1.82) is 0 Å². The topological polar surface area (TPSA) is 84.2 Å². The maximum atomic E-state index is 13.1. The van der Waals surface area contributed by atoms with Gasteiger partial charge in [-0.15, -0.1) is 0 Å². The monoisotopic (exact) mass is 479 g/mol. The molecule has 0 bridgehead atoms. The maximum Gasteiger partial charge on any atom is 0.416 e. The van der Waals surface area contributed by atoms with Crippen LogP contribution in [0, 0.1) is 13.8 Å². The third kappa shape index (κ3) is 5.43. The van der Waals surface area contributed by atoms with Gasteiger partial charge in [0.1, 0.15) is 12.4 Å². The predicted molar refractivity (Wildman–Crippen MR) is 119 cm³/mol. The molecule has 10 heteroatoms. The molecule has 0 radical (unpaired) electrons. The van der Waals surface area contributed by atoms with Gasteiger partial charge >= 0.3 is 6.18 Å². The largest absolute Gasteiger partial charge is 0.416 e. The second kappa shape index (κ2) is 9.76. The zero-order valence-corrected chi connectivity index (χ0v) is 18.6. The molecular weight excluding hydrogens is 459 g/mol. The van der Waals surface area contributed by atoms with Crippen LogP contribution in [-0.2, 0) is 23.9 Å². The van der Waals surface area contributed by atoms with Crippen molar-refractivity contribution in [1.82, 2.24) is 9.55 Å². The van der Waals surface area contributed by atoms with Gasteiger partial charge in [-0.25, -0.2) is 4.98 Å². The number of hydrogen-bond donors (Lipinski definition) is 2. The van der Waals surface area contributed by atoms with Crippen LogP contribution in [0.25, 0.3) is 11.4 Å². The summed E-state index contributed by atoms with van der Waals surface area (Å²) in [4.78, 5) is 30.3. The van der Waals surface area contributed by atoms with Crippen molar-refractivity contribution in [3.63, 3.8) is 0 Å². The first-order valence-electron chi connectivity index (χ1n) is 9.96. The van der Waals surface area contributed by atoms with Crippen LogP contribution < -0.4 is 10.9 Å². The number of carbonyl (C=O) groups is 1. The van der Waals surface area contributed by atoms with E-state index < -0.39 is 29.8 Å². The molecule has 0 fully saturated rings. The fraction of sp³-hybridized carbons (Fsp3) is 0.261. The van der Waals surface area contributed by atoms with Crippen LogP contribution in [0.5, 0.6) is 0 Å². The molecule has 0 saturated carbocycles. The molecule has 3 rings (SSSR count). The molecule has 1 amide bonds. The van der Waals surface area contributed by atoms with Gasteiger partial charge in [0.05, 0.1) is 16.3 Å². The third-order valence-corrected chi connectivity index (χ3v) is 5.40. The Morgan fingerprint density at radius 1 is 1.15 bits per heavy atom. The Kier molecular flexibility index (Phi) is 7.24. The highest BCUT2D eigenvalue weighted by molar-refractivity contribution is 6.33. The number of aliphatic hydroxyl groups is 1. The highest BCUT2D eigenvalue weighted by atomic mass is 35.5. The number of aromatic nitrogens is 2. The molecule has 1 heterocycles. The Bertz CT molecular complexity index is 1220. The van der Waals surface area contributed by atoms with E-state index in [1.807, 2.05) is 0 Å². The lowest BCUT2D eigenvalue weighted by atomic mass is 10.1. The number of para-hydroxylation sites is 1. The molecule has 174 valence electrons. The first-order valence-corrected chi connectivity index (χ1v) is 10.3. The number of benzene rings is 2. The molecule has 2 N–H and O–H groups in total. The first kappa shape index (κ1) is 24.5. The van der Waals surface area contributed by atoms with Gasteiger partial charge in [0.25, 0.3) is 5.56 Å². The maximum absolute atomic E-state index is 13.1. The number of nitrogens with zero attached hydrogens (tertiary/aromatic N) is 2. The van der Waals surface area contributed by atoms with Crippen LogP contribution in [0.4, 0.5) is 18.9 Å². The van der Waals surface area contributed by atoms with Gasteiger partial charge in [-0.2, -0.15) is 13.2 Å². The molecule has 6 nitrogen and oxygen atoms in total. The Morgan fingerprint density at radius 3 is 2.39 bits per heavy atom. The van der Waals surface area contributed by atoms with E-state index in [0.717, 1.165) is 16.7 Å². The quantitative estimate of drug-likeness (QED) is 0.550. The number of amides is 1. The molecule has 0 aliphatic carbocycles. The number of aryl methyl sites for hydroxylation is 2. The Hall–Kier alpha value is -3.17. The molecule has 1 aromatic heterocycles. The standard InChI is InChI=1S/C23H21ClF3N3O3/c1-13-4-3-5-18(24)20(13)29-19(32)12-30-21(28-14(2)17(10-11-31)22(30)33)15-6-8-16(9-7-15)23(25,26)27/h3-9,31H,10-12H2,1-2H3,(H,29,32). The number of carbonyl (C=O) groups excluding carboxylic acids is 1. The van der Waals surface area contributed by atoms with E-state index >= 15 is 0 Å². The van der Waals surface area contributed by atoms with Gasteiger partial charge < -0.3 is 10.4 Å². The summed E-state index contributed by atoms with van der Waals surface area (Å²) in [5.41, 5.74) is 0.481. The molecule has 0 unspecified atom stereocenters. The lowest BCUT2D eigenvalue weighted by Gasteiger charge is -2.17. The lowest BCUT2D eigenvalue weighted by molar-refractivity contribution is -0.137. The molecular formula is C23H21ClF3N3O3. The van der Waals surface area contributed by atoms with Crippen LogP contribution in [-0.4, -0.2) is 27.2 Å². The number of hydrogen-bond acceptors (Lipinski definition) is 4. The fourth-order valence-corrected chi connectivity index (χ4v) is 3.66. The van der Waals surface area contributed by atoms with E-state index in [0.29, 0.717) is 22.0 Å². The molecule has 3 aromatic rings. The highest BCUT2D eigenvalue weighted by Gasteiger charge is 2.30. The number of halogens is 4. The van der Waals surface area contributed by atoms with Crippen LogP contribution in [0.1, 0.15) is 22.4 Å². The Labute approximate surface area is 192 Å². The van der Waals surface area contributed by atoms with Gasteiger partial charge in [-0.3, -0.25) is 14.2 Å². The highest BCUT2D eigenvalue weighted by Crippen LogP contribution is 2.31. The molecule has 0 atom stereocenters. The zero-order chi connectivity index (χ0) is 24.3. The number of nitrogens with one attached hydrogen (secondary N) is 1. The van der Waals surface area contributed by atoms with E-state index in [9.17, 15) is 27.9 Å². The Balaban J connectivity index is 2.06. The molecule has 33 heavy (non-hydrogen) atoms. The average Bonchev–Trinajstić information content (AvgIpc) is 2.75. The van der Waals surface area contributed by atoms with Crippen LogP contribution in [0.15, 0.2) is 47.3 Å². The minimum atomic E-state index is -4.51. The summed E-state index contributed by atoms with van der Waals surface area (Å²) in [5, 5.41) is 12.3. The number of anilines is 1. The van der Waals surface area contributed by atoms with Crippen molar-refractivity contribution >= 4 is 23.2 Å². The molecule has 0 spiro atoms. The van der Waals surface area contributed by atoms with Gasteiger partial charge in [0.15, 0.2) is 0 Å². The van der Waals surface area contributed by atoms with Crippen molar-refractivity contribution in [3.05, 3.63) is 80.2 Å². The average molecular weight is 480 g/mol. The van der Waals surface area contributed by atoms with Crippen molar-refractivity contribution in [2.75, 3.05) is 11.9 Å². The normalized spacial score (nSPS) is 11.5. The second-order valence-electron chi connectivity index (χ2n) is 7.42. The van der Waals surface area contributed by atoms with Gasteiger partial charge in [0.2, 0.25) is 5.91 Å². The second-order valence-corrected chi connectivity index (χ2v) is 7.83. The van der Waals surface area contributed by atoms with Crippen molar-refractivity contribution in [3.8, 4) is 11.4 Å². The van der Waals surface area contributed by atoms with Gasteiger partial charge in [-0.1, -0.05) is 35.9 Å². The molecule has 0 saturated heterocycles. The smallest absolute Gasteiger partial charge is 0.396 e. The van der Waals surface area contributed by atoms with E-state index in [-0.39, 0.29) is 30.0 Å². The number of aliphatic hydroxyl groups excluding tert-OH is 1. The molecule has 2 aromatic carbocycles. The van der Waals surface area contributed by atoms with Crippen LogP contribution in [0.3, 0.4) is 0 Å². The van der Waals surface area contributed by atoms with Crippen molar-refractivity contribution in [2.24, 2.45) is 0 Å². The molecule has 0 aliphatic heterocycles. The van der Waals surface area contributed by atoms with Gasteiger partial charge in [-0.05, 0) is 37.6 Å². The van der Waals surface area contributed by atoms with E-state index in [4.69, 9.17) is 11.6 Å². The van der Waals surface area contributed by atoms with E-state index in [1.54, 1.807) is 32.0 Å². The Morgan fingerprint density at radius 2 is 1.82 bits per heavy atom. The summed E-state index contributed by atoms with van der Waals surface area (Å²) in [6.07, 6.45) is -4.49. The molecule has 0 aliphatic rings. The van der Waals surface area contributed by atoms with E-state index in [1.165, 1.54) is 12.1 Å². The van der Waals surface area contributed by atoms with Crippen molar-refractivity contribution in [2.45, 2.75) is 33.0 Å². The summed E-state index contributed by atoms with van der Waals surface area (Å²) >= 11 is 6.16. The SMILES string of the molecule is Cc1cccc(Cl)c1NC(=O)Cn1c(-c2ccc(C(F)(F)F)cc2)nc(C)c(CCO)c1=O. The van der Waals surface area contributed by atoms with Gasteiger partial charge in [0, 0.05) is 29.8 Å². The number of alkyl halides is 3. The number of rotatable bonds is 6. The predicted octanol–water partition coefficient (Wildman–Crippen LogP) is 4.37. The zero-order valence-electron chi connectivity index (χ0n) is 17.8. The van der Waals surface area contributed by atoms with Crippen molar-refractivity contribution < 1.29 is 23.1 Å². The fourth-order valence-electron chi connectivity index (χ4n) is 3.39. The van der Waals surface area contributed by atoms with Crippen LogP contribution in [0.2, 0.25) is 5.02 Å².